The third-order valence-corrected chi connectivity index (χ3v) is 5.46. The van der Waals surface area contributed by atoms with Gasteiger partial charge in [-0.15, -0.1) is 0 Å². The van der Waals surface area contributed by atoms with Crippen molar-refractivity contribution in [3.63, 3.8) is 0 Å². The number of benzene rings is 1. The number of carbonyl (C=O) groups excluding carboxylic acids is 1. The highest BCUT2D eigenvalue weighted by Gasteiger charge is 2.21. The lowest BCUT2D eigenvalue weighted by atomic mass is 10.0. The van der Waals surface area contributed by atoms with Gasteiger partial charge in [0.15, 0.2) is 0 Å². The zero-order chi connectivity index (χ0) is 22.7. The number of hydrogen-bond donors (Lipinski definition) is 0. The number of rotatable bonds is 6. The molecule has 8 heteroatoms. The van der Waals surface area contributed by atoms with Gasteiger partial charge in [-0.1, -0.05) is 35.9 Å². The molecule has 0 saturated carbocycles. The van der Waals surface area contributed by atoms with Crippen LogP contribution in [0.5, 0.6) is 0 Å². The van der Waals surface area contributed by atoms with E-state index in [1.54, 1.807) is 7.11 Å². The number of imidazole rings is 1. The SMILES string of the molecule is COCN1C=CC(c2c(C)nc3c(-c4cccc(Cl)c4)cc(COC(=O)OC)cn23)C=C1. The Hall–Kier alpha value is -3.29. The average Bonchev–Trinajstić information content (AvgIpc) is 3.13. The maximum absolute atomic E-state index is 11.5. The number of aryl methyl sites for hydroxylation is 1. The smallest absolute Gasteiger partial charge is 0.438 e. The van der Waals surface area contributed by atoms with E-state index in [1.807, 2.05) is 60.8 Å². The van der Waals surface area contributed by atoms with Crippen LogP contribution in [-0.2, 0) is 20.8 Å². The van der Waals surface area contributed by atoms with Gasteiger partial charge in [-0.05, 0) is 30.7 Å². The molecule has 3 aromatic rings. The van der Waals surface area contributed by atoms with Gasteiger partial charge in [0.1, 0.15) is 19.0 Å². The molecule has 0 atom stereocenters. The van der Waals surface area contributed by atoms with Gasteiger partial charge in [-0.3, -0.25) is 0 Å². The van der Waals surface area contributed by atoms with Gasteiger partial charge in [0.25, 0.3) is 0 Å². The minimum atomic E-state index is -0.729. The topological polar surface area (TPSA) is 65.3 Å². The Labute approximate surface area is 191 Å². The highest BCUT2D eigenvalue weighted by molar-refractivity contribution is 6.30. The number of hydrogen-bond acceptors (Lipinski definition) is 6. The van der Waals surface area contributed by atoms with Crippen LogP contribution in [0.2, 0.25) is 5.02 Å². The van der Waals surface area contributed by atoms with E-state index in [4.69, 9.17) is 26.1 Å². The quantitative estimate of drug-likeness (QED) is 0.473. The first-order valence-corrected chi connectivity index (χ1v) is 10.5. The highest BCUT2D eigenvalue weighted by Crippen LogP contribution is 2.33. The van der Waals surface area contributed by atoms with Gasteiger partial charge in [0, 0.05) is 47.8 Å². The first-order valence-electron chi connectivity index (χ1n) is 10.1. The number of aromatic nitrogens is 2. The number of halogens is 1. The predicted molar refractivity (Wildman–Crippen MR) is 122 cm³/mol. The summed E-state index contributed by atoms with van der Waals surface area (Å²) in [6, 6.07) is 9.58. The maximum Gasteiger partial charge on any atom is 0.508 e. The Morgan fingerprint density at radius 3 is 2.66 bits per heavy atom. The lowest BCUT2D eigenvalue weighted by Gasteiger charge is -2.21. The Kier molecular flexibility index (Phi) is 6.48. The summed E-state index contributed by atoms with van der Waals surface area (Å²) in [5.41, 5.74) is 5.40. The molecule has 1 aliphatic rings. The van der Waals surface area contributed by atoms with E-state index in [9.17, 15) is 4.79 Å². The van der Waals surface area contributed by atoms with Crippen LogP contribution in [0.1, 0.15) is 22.9 Å². The molecule has 1 aromatic carbocycles. The van der Waals surface area contributed by atoms with Gasteiger partial charge >= 0.3 is 6.16 Å². The Morgan fingerprint density at radius 2 is 1.97 bits per heavy atom. The molecule has 0 unspecified atom stereocenters. The summed E-state index contributed by atoms with van der Waals surface area (Å²) < 4.78 is 17.1. The first kappa shape index (κ1) is 21.9. The Balaban J connectivity index is 1.83. The van der Waals surface area contributed by atoms with Crippen LogP contribution in [0, 0.1) is 6.92 Å². The van der Waals surface area contributed by atoms with E-state index in [0.29, 0.717) is 11.8 Å². The minimum absolute atomic E-state index is 0.0297. The zero-order valence-electron chi connectivity index (χ0n) is 18.1. The largest absolute Gasteiger partial charge is 0.508 e. The molecular weight excluding hydrogens is 430 g/mol. The molecule has 0 aliphatic carbocycles. The lowest BCUT2D eigenvalue weighted by molar-refractivity contribution is 0.0668. The Bertz CT molecular complexity index is 1190. The molecule has 4 rings (SSSR count). The molecule has 0 saturated heterocycles. The molecule has 0 radical (unpaired) electrons. The molecule has 0 spiro atoms. The van der Waals surface area contributed by atoms with Crippen molar-refractivity contribution in [2.24, 2.45) is 0 Å². The number of ether oxygens (including phenoxy) is 3. The number of nitrogens with zero attached hydrogens (tertiary/aromatic N) is 3. The van der Waals surface area contributed by atoms with Crippen LogP contribution < -0.4 is 0 Å². The van der Waals surface area contributed by atoms with E-state index in [0.717, 1.165) is 33.7 Å². The van der Waals surface area contributed by atoms with Crippen LogP contribution in [0.25, 0.3) is 16.8 Å². The number of carbonyl (C=O) groups is 1. The second-order valence-corrected chi connectivity index (χ2v) is 7.87. The number of pyridine rings is 1. The summed E-state index contributed by atoms with van der Waals surface area (Å²) in [5.74, 6) is 0.0297. The summed E-state index contributed by atoms with van der Waals surface area (Å²) in [4.78, 5) is 18.4. The maximum atomic E-state index is 11.5. The van der Waals surface area contributed by atoms with Crippen molar-refractivity contribution >= 4 is 23.4 Å². The van der Waals surface area contributed by atoms with Crippen molar-refractivity contribution in [3.8, 4) is 11.1 Å². The molecule has 32 heavy (non-hydrogen) atoms. The standard InChI is InChI=1S/C24H24ClN3O4/c1-16-22(18-7-9-27(10-8-18)15-30-2)28-13-17(14-32-24(29)31-3)11-21(23(28)26-16)19-5-4-6-20(25)12-19/h4-13,18H,14-15H2,1-3H3. The van der Waals surface area contributed by atoms with Crippen molar-refractivity contribution in [1.82, 2.24) is 14.3 Å². The normalized spacial score (nSPS) is 13.7. The third kappa shape index (κ3) is 4.49. The summed E-state index contributed by atoms with van der Waals surface area (Å²) in [5, 5.41) is 0.636. The van der Waals surface area contributed by atoms with Gasteiger partial charge in [-0.2, -0.15) is 0 Å². The van der Waals surface area contributed by atoms with Crippen LogP contribution in [0.4, 0.5) is 4.79 Å². The van der Waals surface area contributed by atoms with E-state index in [1.165, 1.54) is 7.11 Å². The van der Waals surface area contributed by atoms with Gasteiger partial charge in [0.05, 0.1) is 18.5 Å². The highest BCUT2D eigenvalue weighted by atomic mass is 35.5. The monoisotopic (exact) mass is 453 g/mol. The van der Waals surface area contributed by atoms with E-state index >= 15 is 0 Å². The van der Waals surface area contributed by atoms with Crippen molar-refractivity contribution in [1.29, 1.82) is 0 Å². The zero-order valence-corrected chi connectivity index (χ0v) is 18.9. The summed E-state index contributed by atoms with van der Waals surface area (Å²) in [6.07, 6.45) is 9.42. The van der Waals surface area contributed by atoms with Gasteiger partial charge in [0.2, 0.25) is 0 Å². The predicted octanol–water partition coefficient (Wildman–Crippen LogP) is 5.28. The molecule has 0 fully saturated rings. The molecule has 3 heterocycles. The summed E-state index contributed by atoms with van der Waals surface area (Å²) >= 11 is 6.26. The second-order valence-electron chi connectivity index (χ2n) is 7.43. The third-order valence-electron chi connectivity index (χ3n) is 5.22. The lowest BCUT2D eigenvalue weighted by Crippen LogP contribution is -2.16. The molecule has 1 aliphatic heterocycles. The first-order chi connectivity index (χ1) is 15.5. The van der Waals surface area contributed by atoms with E-state index in [-0.39, 0.29) is 12.5 Å². The van der Waals surface area contributed by atoms with E-state index < -0.39 is 6.16 Å². The van der Waals surface area contributed by atoms with Crippen LogP contribution in [0.15, 0.2) is 61.1 Å². The molecule has 7 nitrogen and oxygen atoms in total. The second kappa shape index (κ2) is 9.46. The van der Waals surface area contributed by atoms with Crippen molar-refractivity contribution in [3.05, 3.63) is 83.1 Å². The van der Waals surface area contributed by atoms with Gasteiger partial charge in [-0.25, -0.2) is 9.78 Å². The molecule has 0 amide bonds. The molecule has 166 valence electrons. The number of fused-ring (bicyclic) bond motifs is 1. The average molecular weight is 454 g/mol. The Morgan fingerprint density at radius 1 is 1.19 bits per heavy atom. The molecular formula is C24H24ClN3O4. The fourth-order valence-corrected chi connectivity index (χ4v) is 4.01. The van der Waals surface area contributed by atoms with Gasteiger partial charge < -0.3 is 23.5 Å². The fraction of sp³-hybridized carbons (Fsp3) is 0.250. The molecule has 2 aromatic heterocycles. The van der Waals surface area contributed by atoms with Crippen molar-refractivity contribution in [2.75, 3.05) is 21.0 Å². The van der Waals surface area contributed by atoms with Crippen molar-refractivity contribution < 1.29 is 19.0 Å². The number of allylic oxidation sites excluding steroid dienone is 2. The van der Waals surface area contributed by atoms with Crippen LogP contribution in [-0.4, -0.2) is 41.4 Å². The van der Waals surface area contributed by atoms with Crippen LogP contribution >= 0.6 is 11.6 Å². The van der Waals surface area contributed by atoms with Crippen LogP contribution in [0.3, 0.4) is 0 Å². The number of methoxy groups -OCH3 is 2. The van der Waals surface area contributed by atoms with E-state index in [2.05, 4.69) is 21.3 Å². The molecule has 0 bridgehead atoms. The summed E-state index contributed by atoms with van der Waals surface area (Å²) in [7, 11) is 2.95. The molecule has 0 N–H and O–H groups in total. The minimum Gasteiger partial charge on any atom is -0.438 e. The van der Waals surface area contributed by atoms with Crippen molar-refractivity contribution in [2.45, 2.75) is 19.4 Å². The summed E-state index contributed by atoms with van der Waals surface area (Å²) in [6.45, 7) is 2.56. The fourth-order valence-electron chi connectivity index (χ4n) is 3.82.